The second-order valence-electron chi connectivity index (χ2n) is 8.34. The van der Waals surface area contributed by atoms with E-state index in [1.165, 1.54) is 18.2 Å². The van der Waals surface area contributed by atoms with Gasteiger partial charge < -0.3 is 5.32 Å². The van der Waals surface area contributed by atoms with Gasteiger partial charge in [0.25, 0.3) is 0 Å². The summed E-state index contributed by atoms with van der Waals surface area (Å²) in [6.45, 7) is -0.688. The first-order chi connectivity index (χ1) is 17.3. The minimum absolute atomic E-state index is 0.0299. The molecular formula is C22H19ClF5N5O3S. The van der Waals surface area contributed by atoms with Crippen LogP contribution in [0.15, 0.2) is 47.7 Å². The summed E-state index contributed by atoms with van der Waals surface area (Å²) in [4.78, 5) is 23.2. The topological polar surface area (TPSA) is 105 Å². The number of carbonyl (C=O) groups is 1. The molecule has 0 bridgehead atoms. The molecule has 1 amide bonds. The first-order valence-corrected chi connectivity index (χ1v) is 12.7. The molecule has 0 saturated carbocycles. The molecular weight excluding hydrogens is 545 g/mol. The number of halogens is 6. The number of allylic oxidation sites excluding steroid dienone is 3. The number of pyridine rings is 1. The van der Waals surface area contributed by atoms with Crippen molar-refractivity contribution in [3.05, 3.63) is 64.2 Å². The molecule has 4 rings (SSSR count). The van der Waals surface area contributed by atoms with E-state index in [0.29, 0.717) is 5.56 Å². The van der Waals surface area contributed by atoms with Crippen molar-refractivity contribution in [2.24, 2.45) is 0 Å². The number of hydrogen-bond acceptors (Lipinski definition) is 6. The zero-order valence-electron chi connectivity index (χ0n) is 18.8. The van der Waals surface area contributed by atoms with Gasteiger partial charge in [0.1, 0.15) is 23.5 Å². The van der Waals surface area contributed by atoms with Gasteiger partial charge >= 0.3 is 6.18 Å². The van der Waals surface area contributed by atoms with E-state index >= 15 is 0 Å². The number of nitrogens with zero attached hydrogens (tertiary/aromatic N) is 4. The smallest absolute Gasteiger partial charge is 0.351 e. The molecule has 1 N–H and O–H groups in total. The lowest BCUT2D eigenvalue weighted by Gasteiger charge is -2.24. The van der Waals surface area contributed by atoms with E-state index in [2.05, 4.69) is 20.3 Å². The van der Waals surface area contributed by atoms with Crippen molar-refractivity contribution in [1.82, 2.24) is 24.6 Å². The monoisotopic (exact) mass is 563 g/mol. The minimum atomic E-state index is -4.71. The molecule has 37 heavy (non-hydrogen) atoms. The molecule has 1 aliphatic carbocycles. The number of sulfonamides is 1. The summed E-state index contributed by atoms with van der Waals surface area (Å²) in [5.41, 5.74) is 0.668. The van der Waals surface area contributed by atoms with Crippen molar-refractivity contribution in [2.45, 2.75) is 43.9 Å². The van der Waals surface area contributed by atoms with Crippen molar-refractivity contribution < 1.29 is 35.2 Å². The Kier molecular flexibility index (Phi) is 7.62. The van der Waals surface area contributed by atoms with Gasteiger partial charge in [0.2, 0.25) is 21.8 Å². The Morgan fingerprint density at radius 2 is 1.89 bits per heavy atom. The van der Waals surface area contributed by atoms with E-state index < -0.39 is 52.9 Å². The molecule has 15 heteroatoms. The number of carbonyl (C=O) groups excluding carboxylic acids is 1. The SMILES string of the molecule is O=C(NCc1cc(Cl)nc(-c2cnc(C(F)(F)F)nc2)c1)[C@@H]1C[C@@H](F)CN1S(=O)(=O)C1=CCC(F)C=C1. The van der Waals surface area contributed by atoms with Gasteiger partial charge in [0.15, 0.2) is 0 Å². The standard InChI is InChI=1S/C22H19ClF5N5O3S/c23-19-6-12(5-17(32-19)13-9-30-21(31-10-13)22(26,27)28)8-29-20(34)18-7-15(25)11-33(18)37(35,36)16-3-1-14(24)2-4-16/h1,3-6,9-10,14-15,18H,2,7-8,11H2,(H,29,34)/t14?,15-,18+/m1/s1. The highest BCUT2D eigenvalue weighted by Gasteiger charge is 2.44. The highest BCUT2D eigenvalue weighted by Crippen LogP contribution is 2.30. The van der Waals surface area contributed by atoms with Crippen LogP contribution in [0.3, 0.4) is 0 Å². The fraction of sp³-hybridized carbons (Fsp3) is 0.364. The fourth-order valence-electron chi connectivity index (χ4n) is 3.88. The number of amides is 1. The van der Waals surface area contributed by atoms with Crippen molar-refractivity contribution in [3.63, 3.8) is 0 Å². The molecule has 1 unspecified atom stereocenters. The van der Waals surface area contributed by atoms with Crippen molar-refractivity contribution in [2.75, 3.05) is 6.54 Å². The number of nitrogens with one attached hydrogen (secondary N) is 1. The van der Waals surface area contributed by atoms with Crippen LogP contribution in [0, 0.1) is 0 Å². The maximum Gasteiger partial charge on any atom is 0.451 e. The number of aromatic nitrogens is 3. The van der Waals surface area contributed by atoms with Gasteiger partial charge in [-0.3, -0.25) is 4.79 Å². The molecule has 1 aliphatic heterocycles. The second-order valence-corrected chi connectivity index (χ2v) is 10.6. The van der Waals surface area contributed by atoms with Gasteiger partial charge in [-0.1, -0.05) is 17.7 Å². The van der Waals surface area contributed by atoms with Crippen molar-refractivity contribution in [3.8, 4) is 11.3 Å². The second kappa shape index (κ2) is 10.4. The zero-order valence-corrected chi connectivity index (χ0v) is 20.4. The molecule has 0 spiro atoms. The predicted molar refractivity (Wildman–Crippen MR) is 123 cm³/mol. The van der Waals surface area contributed by atoms with E-state index in [0.717, 1.165) is 28.9 Å². The highest BCUT2D eigenvalue weighted by molar-refractivity contribution is 7.93. The summed E-state index contributed by atoms with van der Waals surface area (Å²) in [6, 6.07) is 1.49. The quantitative estimate of drug-likeness (QED) is 0.424. The van der Waals surface area contributed by atoms with Crippen LogP contribution in [-0.2, 0) is 27.5 Å². The average molecular weight is 564 g/mol. The van der Waals surface area contributed by atoms with Gasteiger partial charge in [0, 0.05) is 43.9 Å². The maximum atomic E-state index is 14.2. The number of alkyl halides is 5. The van der Waals surface area contributed by atoms with Gasteiger partial charge in [-0.2, -0.15) is 17.5 Å². The first-order valence-electron chi connectivity index (χ1n) is 10.9. The Morgan fingerprint density at radius 1 is 1.19 bits per heavy atom. The van der Waals surface area contributed by atoms with Crippen LogP contribution in [0.4, 0.5) is 22.0 Å². The van der Waals surface area contributed by atoms with Crippen LogP contribution in [0.5, 0.6) is 0 Å². The zero-order chi connectivity index (χ0) is 27.0. The molecule has 3 atom stereocenters. The largest absolute Gasteiger partial charge is 0.451 e. The van der Waals surface area contributed by atoms with Crippen LogP contribution in [0.25, 0.3) is 11.3 Å². The highest BCUT2D eigenvalue weighted by atomic mass is 35.5. The van der Waals surface area contributed by atoms with Gasteiger partial charge in [-0.05, 0) is 29.8 Å². The third-order valence-corrected chi connectivity index (χ3v) is 7.76. The van der Waals surface area contributed by atoms with Gasteiger partial charge in [-0.25, -0.2) is 32.2 Å². The third-order valence-electron chi connectivity index (χ3n) is 5.65. The predicted octanol–water partition coefficient (Wildman–Crippen LogP) is 3.75. The fourth-order valence-corrected chi connectivity index (χ4v) is 5.81. The Hall–Kier alpha value is -2.97. The molecule has 8 nitrogen and oxygen atoms in total. The average Bonchev–Trinajstić information content (AvgIpc) is 3.25. The Bertz CT molecular complexity index is 1350. The van der Waals surface area contributed by atoms with Crippen LogP contribution in [-0.4, -0.2) is 58.5 Å². The lowest BCUT2D eigenvalue weighted by molar-refractivity contribution is -0.145. The summed E-state index contributed by atoms with van der Waals surface area (Å²) >= 11 is 6.02. The lowest BCUT2D eigenvalue weighted by atomic mass is 10.1. The molecule has 1 saturated heterocycles. The molecule has 3 heterocycles. The van der Waals surface area contributed by atoms with E-state index in [9.17, 15) is 35.2 Å². The molecule has 2 aromatic heterocycles. The maximum absolute atomic E-state index is 14.2. The summed E-state index contributed by atoms with van der Waals surface area (Å²) in [6.07, 6.45) is -2.90. The normalized spacial score (nSPS) is 22.6. The molecule has 2 aromatic rings. The molecule has 0 aromatic carbocycles. The van der Waals surface area contributed by atoms with Crippen LogP contribution in [0.2, 0.25) is 5.15 Å². The van der Waals surface area contributed by atoms with Crippen molar-refractivity contribution >= 4 is 27.5 Å². The molecule has 0 radical (unpaired) electrons. The summed E-state index contributed by atoms with van der Waals surface area (Å²) in [5.74, 6) is -2.09. The minimum Gasteiger partial charge on any atom is -0.351 e. The number of rotatable bonds is 6. The van der Waals surface area contributed by atoms with Gasteiger partial charge in [-0.15, -0.1) is 0 Å². The van der Waals surface area contributed by atoms with Crippen LogP contribution < -0.4 is 5.32 Å². The summed E-state index contributed by atoms with van der Waals surface area (Å²) in [7, 11) is -4.24. The Labute approximate surface area is 213 Å². The first kappa shape index (κ1) is 27.1. The Morgan fingerprint density at radius 3 is 2.51 bits per heavy atom. The van der Waals surface area contributed by atoms with Gasteiger partial charge in [0.05, 0.1) is 10.6 Å². The van der Waals surface area contributed by atoms with E-state index in [4.69, 9.17) is 11.6 Å². The lowest BCUT2D eigenvalue weighted by Crippen LogP contribution is -2.46. The number of hydrogen-bond donors (Lipinski definition) is 1. The molecule has 1 fully saturated rings. The van der Waals surface area contributed by atoms with E-state index in [1.807, 2.05) is 0 Å². The van der Waals surface area contributed by atoms with E-state index in [-0.39, 0.29) is 40.7 Å². The molecule has 2 aliphatic rings. The van der Waals surface area contributed by atoms with E-state index in [1.54, 1.807) is 0 Å². The Balaban J connectivity index is 1.48. The molecule has 198 valence electrons. The summed E-state index contributed by atoms with van der Waals surface area (Å²) < 4.78 is 92.4. The van der Waals surface area contributed by atoms with Crippen LogP contribution >= 0.6 is 11.6 Å². The van der Waals surface area contributed by atoms with Crippen LogP contribution in [0.1, 0.15) is 24.2 Å². The van der Waals surface area contributed by atoms with Crippen molar-refractivity contribution in [1.29, 1.82) is 0 Å². The summed E-state index contributed by atoms with van der Waals surface area (Å²) in [5, 5.41) is 2.50. The third kappa shape index (κ3) is 6.13.